The van der Waals surface area contributed by atoms with E-state index in [0.29, 0.717) is 12.2 Å². The van der Waals surface area contributed by atoms with Crippen molar-refractivity contribution in [1.29, 1.82) is 0 Å². The van der Waals surface area contributed by atoms with Crippen LogP contribution >= 0.6 is 0 Å². The van der Waals surface area contributed by atoms with Crippen LogP contribution in [-0.2, 0) is 6.54 Å². The van der Waals surface area contributed by atoms with E-state index in [2.05, 4.69) is 17.7 Å². The highest BCUT2D eigenvalue weighted by Crippen LogP contribution is 2.22. The third kappa shape index (κ3) is 4.01. The largest absolute Gasteiger partial charge is 0.496 e. The van der Waals surface area contributed by atoms with E-state index in [-0.39, 0.29) is 0 Å². The lowest BCUT2D eigenvalue weighted by molar-refractivity contribution is 0.293. The number of nitrogens with two attached hydrogens (primary N) is 1. The van der Waals surface area contributed by atoms with Crippen molar-refractivity contribution in [3.63, 3.8) is 0 Å². The summed E-state index contributed by atoms with van der Waals surface area (Å²) in [5.41, 5.74) is 7.55. The van der Waals surface area contributed by atoms with Gasteiger partial charge in [0, 0.05) is 23.9 Å². The number of terminal acetylenes is 1. The highest BCUT2D eigenvalue weighted by atomic mass is 16.5. The lowest BCUT2D eigenvalue weighted by atomic mass is 10.1. The van der Waals surface area contributed by atoms with Crippen molar-refractivity contribution in [1.82, 2.24) is 4.90 Å². The summed E-state index contributed by atoms with van der Waals surface area (Å²) in [7, 11) is 1.66. The van der Waals surface area contributed by atoms with Crippen molar-refractivity contribution in [3.05, 3.63) is 23.8 Å². The highest BCUT2D eigenvalue weighted by Gasteiger charge is 2.08. The average Bonchev–Trinajstić information content (AvgIpc) is 2.32. The van der Waals surface area contributed by atoms with Gasteiger partial charge in [0.25, 0.3) is 0 Å². The van der Waals surface area contributed by atoms with E-state index < -0.39 is 0 Å². The van der Waals surface area contributed by atoms with E-state index in [1.165, 1.54) is 0 Å². The van der Waals surface area contributed by atoms with Gasteiger partial charge in [0.1, 0.15) is 5.75 Å². The van der Waals surface area contributed by atoms with Crippen molar-refractivity contribution in [2.75, 3.05) is 25.9 Å². The molecule has 3 heteroatoms. The number of methoxy groups -OCH3 is 1. The van der Waals surface area contributed by atoms with Crippen LogP contribution in [0.4, 0.5) is 5.69 Å². The number of ether oxygens (including phenoxy) is 1. The van der Waals surface area contributed by atoms with Gasteiger partial charge in [-0.1, -0.05) is 18.9 Å². The summed E-state index contributed by atoms with van der Waals surface area (Å²) in [6.45, 7) is 4.57. The van der Waals surface area contributed by atoms with Crippen LogP contribution < -0.4 is 10.5 Å². The van der Waals surface area contributed by atoms with Gasteiger partial charge in [0.2, 0.25) is 0 Å². The summed E-state index contributed by atoms with van der Waals surface area (Å²) in [6.07, 6.45) is 6.45. The molecule has 0 amide bonds. The Morgan fingerprint density at radius 1 is 1.47 bits per heavy atom. The molecule has 0 aromatic heterocycles. The fourth-order valence-corrected chi connectivity index (χ4v) is 1.79. The standard InChI is InChI=1S/C14H20N2O/c1-4-8-16(9-5-2)11-12-6-7-13(15)10-14(12)17-3/h1,6-7,10H,5,8-9,11,15H2,2-3H3. The molecule has 0 aliphatic rings. The fourth-order valence-electron chi connectivity index (χ4n) is 1.79. The molecular weight excluding hydrogens is 212 g/mol. The first-order valence-corrected chi connectivity index (χ1v) is 5.79. The normalized spacial score (nSPS) is 10.2. The molecule has 0 radical (unpaired) electrons. The number of hydrogen-bond acceptors (Lipinski definition) is 3. The molecular formula is C14H20N2O. The van der Waals surface area contributed by atoms with Crippen LogP contribution in [0.2, 0.25) is 0 Å². The average molecular weight is 232 g/mol. The molecule has 3 nitrogen and oxygen atoms in total. The molecule has 0 atom stereocenters. The molecule has 0 saturated carbocycles. The Kier molecular flexibility index (Phi) is 5.38. The van der Waals surface area contributed by atoms with Gasteiger partial charge in [-0.3, -0.25) is 4.90 Å². The predicted octanol–water partition coefficient (Wildman–Crippen LogP) is 2.12. The summed E-state index contributed by atoms with van der Waals surface area (Å²) in [5.74, 6) is 3.50. The maximum atomic E-state index is 5.73. The minimum Gasteiger partial charge on any atom is -0.496 e. The monoisotopic (exact) mass is 232 g/mol. The molecule has 92 valence electrons. The SMILES string of the molecule is C#CCN(CCC)Cc1ccc(N)cc1OC. The molecule has 0 bridgehead atoms. The van der Waals surface area contributed by atoms with Crippen molar-refractivity contribution in [2.45, 2.75) is 19.9 Å². The number of anilines is 1. The van der Waals surface area contributed by atoms with Crippen LogP contribution in [0.5, 0.6) is 5.75 Å². The Balaban J connectivity index is 2.81. The van der Waals surface area contributed by atoms with Gasteiger partial charge < -0.3 is 10.5 Å². The molecule has 0 heterocycles. The fraction of sp³-hybridized carbons (Fsp3) is 0.429. The molecule has 1 aromatic rings. The van der Waals surface area contributed by atoms with Gasteiger partial charge in [-0.15, -0.1) is 6.42 Å². The van der Waals surface area contributed by atoms with Crippen LogP contribution in [0.15, 0.2) is 18.2 Å². The third-order valence-corrected chi connectivity index (χ3v) is 2.56. The van der Waals surface area contributed by atoms with E-state index in [0.717, 1.165) is 30.8 Å². The van der Waals surface area contributed by atoms with Crippen LogP contribution in [0.1, 0.15) is 18.9 Å². The second kappa shape index (κ2) is 6.82. The minimum atomic E-state index is 0.654. The predicted molar refractivity (Wildman–Crippen MR) is 71.8 cm³/mol. The quantitative estimate of drug-likeness (QED) is 0.603. The van der Waals surface area contributed by atoms with Crippen LogP contribution in [0, 0.1) is 12.3 Å². The molecule has 0 unspecified atom stereocenters. The van der Waals surface area contributed by atoms with Crippen LogP contribution in [0.3, 0.4) is 0 Å². The van der Waals surface area contributed by atoms with E-state index in [4.69, 9.17) is 16.9 Å². The van der Waals surface area contributed by atoms with E-state index in [1.54, 1.807) is 7.11 Å². The molecule has 0 spiro atoms. The molecule has 0 saturated heterocycles. The maximum absolute atomic E-state index is 5.73. The van der Waals surface area contributed by atoms with Gasteiger partial charge in [0.15, 0.2) is 0 Å². The topological polar surface area (TPSA) is 38.5 Å². The second-order valence-electron chi connectivity index (χ2n) is 3.99. The number of nitrogen functional groups attached to an aromatic ring is 1. The first-order valence-electron chi connectivity index (χ1n) is 5.79. The summed E-state index contributed by atoms with van der Waals surface area (Å²) in [4.78, 5) is 2.22. The Morgan fingerprint density at radius 2 is 2.24 bits per heavy atom. The molecule has 0 fully saturated rings. The lowest BCUT2D eigenvalue weighted by Crippen LogP contribution is -2.24. The van der Waals surface area contributed by atoms with Gasteiger partial charge >= 0.3 is 0 Å². The van der Waals surface area contributed by atoms with Gasteiger partial charge in [-0.2, -0.15) is 0 Å². The smallest absolute Gasteiger partial charge is 0.125 e. The van der Waals surface area contributed by atoms with Gasteiger partial charge in [-0.25, -0.2) is 0 Å². The van der Waals surface area contributed by atoms with Gasteiger partial charge in [0.05, 0.1) is 13.7 Å². The van der Waals surface area contributed by atoms with Crippen molar-refractivity contribution in [2.24, 2.45) is 0 Å². The Hall–Kier alpha value is -1.66. The molecule has 1 rings (SSSR count). The zero-order chi connectivity index (χ0) is 12.7. The first-order chi connectivity index (χ1) is 8.21. The molecule has 0 aliphatic heterocycles. The molecule has 2 N–H and O–H groups in total. The highest BCUT2D eigenvalue weighted by molar-refractivity contribution is 5.48. The summed E-state index contributed by atoms with van der Waals surface area (Å²) in [5, 5.41) is 0. The zero-order valence-electron chi connectivity index (χ0n) is 10.6. The van der Waals surface area contributed by atoms with E-state index in [9.17, 15) is 0 Å². The van der Waals surface area contributed by atoms with Crippen molar-refractivity contribution in [3.8, 4) is 18.1 Å². The Labute approximate surface area is 104 Å². The number of hydrogen-bond donors (Lipinski definition) is 1. The summed E-state index contributed by atoms with van der Waals surface area (Å²) < 4.78 is 5.32. The molecule has 0 aliphatic carbocycles. The molecule has 1 aromatic carbocycles. The molecule has 17 heavy (non-hydrogen) atoms. The maximum Gasteiger partial charge on any atom is 0.125 e. The zero-order valence-corrected chi connectivity index (χ0v) is 10.6. The van der Waals surface area contributed by atoms with E-state index >= 15 is 0 Å². The second-order valence-corrected chi connectivity index (χ2v) is 3.99. The number of rotatable bonds is 6. The first kappa shape index (κ1) is 13.4. The minimum absolute atomic E-state index is 0.654. The van der Waals surface area contributed by atoms with Gasteiger partial charge in [-0.05, 0) is 19.0 Å². The van der Waals surface area contributed by atoms with Crippen LogP contribution in [0.25, 0.3) is 0 Å². The summed E-state index contributed by atoms with van der Waals surface area (Å²) >= 11 is 0. The van der Waals surface area contributed by atoms with Crippen molar-refractivity contribution >= 4 is 5.69 Å². The lowest BCUT2D eigenvalue weighted by Gasteiger charge is -2.20. The number of benzene rings is 1. The third-order valence-electron chi connectivity index (χ3n) is 2.56. The number of nitrogens with zero attached hydrogens (tertiary/aromatic N) is 1. The summed E-state index contributed by atoms with van der Waals surface area (Å²) in [6, 6.07) is 5.72. The van der Waals surface area contributed by atoms with E-state index in [1.807, 2.05) is 18.2 Å². The Morgan fingerprint density at radius 3 is 2.82 bits per heavy atom. The Bertz CT molecular complexity index is 396. The van der Waals surface area contributed by atoms with Crippen LogP contribution in [-0.4, -0.2) is 25.1 Å². The van der Waals surface area contributed by atoms with Crippen molar-refractivity contribution < 1.29 is 4.74 Å².